The lowest BCUT2D eigenvalue weighted by Crippen LogP contribution is -2.31. The third kappa shape index (κ3) is 3.63. The number of aryl methyl sites for hydroxylation is 1. The highest BCUT2D eigenvalue weighted by molar-refractivity contribution is 5.90. The second kappa shape index (κ2) is 8.84. The van der Waals surface area contributed by atoms with Gasteiger partial charge in [-0.3, -0.25) is 0 Å². The predicted octanol–water partition coefficient (Wildman–Crippen LogP) is 8.87. The van der Waals surface area contributed by atoms with Crippen LogP contribution in [0.15, 0.2) is 115 Å². The Hall–Kier alpha value is -4.10. The molecular weight excluding hydrogens is 436 g/mol. The van der Waals surface area contributed by atoms with Gasteiger partial charge in [0.25, 0.3) is 0 Å². The molecule has 0 heterocycles. The highest BCUT2D eigenvalue weighted by Gasteiger charge is 2.42. The molecule has 2 aliphatic rings. The van der Waals surface area contributed by atoms with Crippen molar-refractivity contribution >= 4 is 22.4 Å². The fourth-order valence-corrected chi connectivity index (χ4v) is 6.00. The molecule has 2 aliphatic carbocycles. The van der Waals surface area contributed by atoms with Gasteiger partial charge in [0.2, 0.25) is 0 Å². The zero-order valence-electron chi connectivity index (χ0n) is 20.8. The minimum absolute atomic E-state index is 0.0947. The van der Waals surface area contributed by atoms with Crippen molar-refractivity contribution < 1.29 is 5.11 Å². The first kappa shape index (κ1) is 22.4. The fourth-order valence-electron chi connectivity index (χ4n) is 6.00. The molecule has 0 radical (unpaired) electrons. The second-order valence-electron chi connectivity index (χ2n) is 10.1. The van der Waals surface area contributed by atoms with Crippen molar-refractivity contribution in [2.45, 2.75) is 31.6 Å². The van der Waals surface area contributed by atoms with Crippen molar-refractivity contribution in [2.24, 2.45) is 0 Å². The van der Waals surface area contributed by atoms with Crippen molar-refractivity contribution in [2.75, 3.05) is 0 Å². The highest BCUT2D eigenvalue weighted by atomic mass is 16.3. The van der Waals surface area contributed by atoms with Gasteiger partial charge in [0.15, 0.2) is 0 Å². The van der Waals surface area contributed by atoms with Gasteiger partial charge in [-0.25, -0.2) is 0 Å². The van der Waals surface area contributed by atoms with E-state index in [1.807, 2.05) is 12.1 Å². The van der Waals surface area contributed by atoms with Crippen molar-refractivity contribution in [1.82, 2.24) is 0 Å². The molecule has 2 atom stereocenters. The molecule has 0 aromatic heterocycles. The summed E-state index contributed by atoms with van der Waals surface area (Å²) in [6.45, 7) is 4.41. The van der Waals surface area contributed by atoms with Gasteiger partial charge in [-0.05, 0) is 58.0 Å². The minimum Gasteiger partial charge on any atom is -0.508 e. The predicted molar refractivity (Wildman–Crippen MR) is 152 cm³/mol. The smallest absolute Gasteiger partial charge is 0.120 e. The third-order valence-electron chi connectivity index (χ3n) is 7.89. The van der Waals surface area contributed by atoms with E-state index in [1.54, 1.807) is 0 Å². The zero-order chi connectivity index (χ0) is 24.7. The normalized spacial score (nSPS) is 18.1. The number of aromatic hydroxyl groups is 1. The van der Waals surface area contributed by atoms with Gasteiger partial charge in [-0.15, -0.1) is 0 Å². The number of fused-ring (bicyclic) bond motifs is 2. The average Bonchev–Trinajstić information content (AvgIpc) is 3.15. The summed E-state index contributed by atoms with van der Waals surface area (Å²) in [7, 11) is 0. The topological polar surface area (TPSA) is 20.2 Å². The number of rotatable bonds is 4. The first-order chi connectivity index (χ1) is 17.6. The van der Waals surface area contributed by atoms with Gasteiger partial charge in [-0.1, -0.05) is 128 Å². The molecule has 0 amide bonds. The summed E-state index contributed by atoms with van der Waals surface area (Å²) in [5.74, 6) is 0.438. The molecule has 0 saturated heterocycles. The van der Waals surface area contributed by atoms with Crippen LogP contribution in [0.4, 0.5) is 0 Å². The van der Waals surface area contributed by atoms with Crippen molar-refractivity contribution in [3.63, 3.8) is 0 Å². The van der Waals surface area contributed by atoms with Crippen molar-refractivity contribution in [3.8, 4) is 5.75 Å². The van der Waals surface area contributed by atoms with E-state index in [4.69, 9.17) is 0 Å². The molecule has 1 N–H and O–H groups in total. The first-order valence-electron chi connectivity index (χ1n) is 12.7. The summed E-state index contributed by atoms with van der Waals surface area (Å²) < 4.78 is 0. The van der Waals surface area contributed by atoms with E-state index < -0.39 is 5.41 Å². The van der Waals surface area contributed by atoms with Gasteiger partial charge in [0.05, 0.1) is 0 Å². The fraction of sp³-hybridized carbons (Fsp3) is 0.143. The number of phenols is 1. The molecule has 0 bridgehead atoms. The van der Waals surface area contributed by atoms with E-state index in [0.29, 0.717) is 5.75 Å². The Labute approximate surface area is 213 Å². The molecule has 0 aliphatic heterocycles. The maximum atomic E-state index is 11.4. The van der Waals surface area contributed by atoms with Crippen LogP contribution in [0, 0.1) is 6.92 Å². The molecule has 4 aromatic carbocycles. The van der Waals surface area contributed by atoms with Crippen LogP contribution in [0.25, 0.3) is 22.4 Å². The second-order valence-corrected chi connectivity index (χ2v) is 10.1. The maximum Gasteiger partial charge on any atom is 0.120 e. The van der Waals surface area contributed by atoms with Crippen LogP contribution in [0.1, 0.15) is 52.6 Å². The number of phenolic OH excluding ortho intramolecular Hbond substituents is 1. The van der Waals surface area contributed by atoms with Crippen LogP contribution in [-0.2, 0) is 5.41 Å². The van der Waals surface area contributed by atoms with Gasteiger partial charge in [-0.2, -0.15) is 0 Å². The average molecular weight is 467 g/mol. The van der Waals surface area contributed by atoms with Crippen LogP contribution in [0.3, 0.4) is 0 Å². The van der Waals surface area contributed by atoms with E-state index in [1.165, 1.54) is 33.4 Å². The number of hydrogen-bond donors (Lipinski definition) is 1. The Morgan fingerprint density at radius 2 is 1.69 bits per heavy atom. The first-order valence-corrected chi connectivity index (χ1v) is 12.7. The van der Waals surface area contributed by atoms with Gasteiger partial charge < -0.3 is 5.11 Å². The minimum atomic E-state index is -0.478. The largest absolute Gasteiger partial charge is 0.508 e. The summed E-state index contributed by atoms with van der Waals surface area (Å²) in [5.41, 5.74) is 7.87. The molecule has 0 saturated carbocycles. The molecular formula is C35H30O. The van der Waals surface area contributed by atoms with Gasteiger partial charge >= 0.3 is 0 Å². The molecule has 0 spiro atoms. The molecule has 4 aromatic rings. The van der Waals surface area contributed by atoms with E-state index in [2.05, 4.69) is 123 Å². The molecule has 0 fully saturated rings. The maximum absolute atomic E-state index is 11.4. The molecule has 176 valence electrons. The summed E-state index contributed by atoms with van der Waals surface area (Å²) in [4.78, 5) is 0. The summed E-state index contributed by atoms with van der Waals surface area (Å²) in [5, 5.41) is 13.7. The Balaban J connectivity index is 1.58. The Morgan fingerprint density at radius 3 is 2.56 bits per heavy atom. The zero-order valence-corrected chi connectivity index (χ0v) is 20.8. The molecule has 1 nitrogen and oxygen atoms in total. The van der Waals surface area contributed by atoms with Gasteiger partial charge in [0.1, 0.15) is 5.75 Å². The van der Waals surface area contributed by atoms with E-state index in [0.717, 1.165) is 22.8 Å². The van der Waals surface area contributed by atoms with Crippen molar-refractivity contribution in [3.05, 3.63) is 149 Å². The monoisotopic (exact) mass is 466 g/mol. The van der Waals surface area contributed by atoms with Crippen LogP contribution >= 0.6 is 0 Å². The quantitative estimate of drug-likeness (QED) is 0.318. The SMILES string of the molecule is Cc1ccc2c(C(C)(c3ccc(C4=CC=CCC=C4)cc3)C3C=Cc4ccccc43)c(O)ccc2c1. The lowest BCUT2D eigenvalue weighted by molar-refractivity contribution is 0.436. The molecule has 2 unspecified atom stereocenters. The summed E-state index contributed by atoms with van der Waals surface area (Å²) in [6.07, 6.45) is 16.4. The third-order valence-corrected chi connectivity index (χ3v) is 7.89. The molecule has 1 heteroatoms. The summed E-state index contributed by atoms with van der Waals surface area (Å²) in [6, 6.07) is 28.0. The lowest BCUT2D eigenvalue weighted by Gasteiger charge is -2.38. The Morgan fingerprint density at radius 1 is 0.861 bits per heavy atom. The van der Waals surface area contributed by atoms with Crippen molar-refractivity contribution in [1.29, 1.82) is 0 Å². The highest BCUT2D eigenvalue weighted by Crippen LogP contribution is 2.53. The van der Waals surface area contributed by atoms with Gasteiger partial charge in [0, 0.05) is 16.9 Å². The van der Waals surface area contributed by atoms with E-state index in [-0.39, 0.29) is 5.92 Å². The number of benzene rings is 4. The number of allylic oxidation sites excluding steroid dienone is 7. The van der Waals surface area contributed by atoms with Crippen LogP contribution < -0.4 is 0 Å². The molecule has 36 heavy (non-hydrogen) atoms. The van der Waals surface area contributed by atoms with Crippen LogP contribution in [-0.4, -0.2) is 5.11 Å². The molecule has 6 rings (SSSR count). The van der Waals surface area contributed by atoms with E-state index >= 15 is 0 Å². The van der Waals surface area contributed by atoms with Crippen LogP contribution in [0.5, 0.6) is 5.75 Å². The van der Waals surface area contributed by atoms with Crippen LogP contribution in [0.2, 0.25) is 0 Å². The van der Waals surface area contributed by atoms with E-state index in [9.17, 15) is 5.11 Å². The lowest BCUT2D eigenvalue weighted by atomic mass is 9.64. The number of hydrogen-bond acceptors (Lipinski definition) is 1. The summed E-state index contributed by atoms with van der Waals surface area (Å²) >= 11 is 0. The Bertz CT molecular complexity index is 1580. The standard InChI is InChI=1S/C35H30O/c1-24-13-20-31-28(23-24)17-22-33(36)34(31)35(2,32-21-16-27-11-7-8-12-30(27)32)29-18-14-26(15-19-29)25-9-5-3-4-6-10-25/h3,5-23,32,36H,4H2,1-2H3. The Kier molecular flexibility index (Phi) is 5.49.